The predicted octanol–water partition coefficient (Wildman–Crippen LogP) is 5.77. The molecule has 2 atom stereocenters. The Morgan fingerprint density at radius 3 is 2.47 bits per heavy atom. The molecule has 1 saturated heterocycles. The lowest BCUT2D eigenvalue weighted by atomic mass is 9.94. The third-order valence-corrected chi connectivity index (χ3v) is 8.71. The normalized spacial score (nSPS) is 19.8. The highest BCUT2D eigenvalue weighted by Crippen LogP contribution is 2.42. The van der Waals surface area contributed by atoms with Gasteiger partial charge in [-0.2, -0.15) is 13.2 Å². The van der Waals surface area contributed by atoms with Gasteiger partial charge in [0.2, 0.25) is 11.8 Å². The number of carbonyl (C=O) groups excluding carboxylic acids is 3. The predicted molar refractivity (Wildman–Crippen MR) is 169 cm³/mol. The minimum absolute atomic E-state index is 0.0403. The zero-order chi connectivity index (χ0) is 34.0. The molecule has 0 aliphatic carbocycles. The molecule has 2 aromatic heterocycles. The fourth-order valence-electron chi connectivity index (χ4n) is 6.68. The number of anilines is 3. The molecule has 3 aliphatic heterocycles. The number of ether oxygens (including phenoxy) is 1. The molecule has 0 saturated carbocycles. The first-order valence-electron chi connectivity index (χ1n) is 15.5. The van der Waals surface area contributed by atoms with Crippen molar-refractivity contribution >= 4 is 35.1 Å². The van der Waals surface area contributed by atoms with Gasteiger partial charge < -0.3 is 14.5 Å². The molecule has 10 nitrogen and oxygen atoms in total. The van der Waals surface area contributed by atoms with Crippen LogP contribution in [0.2, 0.25) is 0 Å². The Hall–Kier alpha value is -4.68. The quantitative estimate of drug-likeness (QED) is 0.355. The lowest BCUT2D eigenvalue weighted by molar-refractivity contribution is -0.137. The topological polar surface area (TPSA) is 99.2 Å². The van der Waals surface area contributed by atoms with Crippen molar-refractivity contribution in [3.63, 3.8) is 0 Å². The monoisotopic (exact) mass is 650 g/mol. The summed E-state index contributed by atoms with van der Waals surface area (Å²) in [7, 11) is 1.62. The molecule has 5 heterocycles. The standard InChI is InChI=1S/C34H37F3N6O4/c1-19-8-7-9-26-29(19)41(17-24-11-10-21-15-42(18-25(21)39-24)32(46)47-33(3,4)5)16-22-13-28(44)43(30(22)31(45)40(26)6)27-14-23(34(35,36)37)12-20(2)38-27/h7-12,14,22,30H,13,15-18H2,1-6H3/t22-,30+/m1/s1. The number of benzene rings is 1. The molecule has 13 heteroatoms. The molecule has 0 radical (unpaired) electrons. The Kier molecular flexibility index (Phi) is 7.92. The van der Waals surface area contributed by atoms with Gasteiger partial charge in [0.15, 0.2) is 0 Å². The van der Waals surface area contributed by atoms with Gasteiger partial charge in [-0.1, -0.05) is 18.2 Å². The van der Waals surface area contributed by atoms with Crippen LogP contribution in [0.5, 0.6) is 0 Å². The van der Waals surface area contributed by atoms with Gasteiger partial charge in [0.25, 0.3) is 0 Å². The third kappa shape index (κ3) is 6.22. The van der Waals surface area contributed by atoms with E-state index < -0.39 is 47.2 Å². The van der Waals surface area contributed by atoms with Gasteiger partial charge in [-0.05, 0) is 70.0 Å². The lowest BCUT2D eigenvalue weighted by Gasteiger charge is -2.39. The highest BCUT2D eigenvalue weighted by Gasteiger charge is 2.49. The van der Waals surface area contributed by atoms with Gasteiger partial charge in [-0.15, -0.1) is 0 Å². The number of alkyl halides is 3. The Labute approximate surface area is 271 Å². The maximum absolute atomic E-state index is 14.1. The van der Waals surface area contributed by atoms with Gasteiger partial charge in [-0.3, -0.25) is 24.4 Å². The number of carbonyl (C=O) groups is 3. The van der Waals surface area contributed by atoms with E-state index in [-0.39, 0.29) is 24.5 Å². The van der Waals surface area contributed by atoms with Gasteiger partial charge in [-0.25, -0.2) is 9.78 Å². The SMILES string of the molecule is Cc1cc(C(F)(F)F)cc(N2C(=O)C[C@@H]3CN(Cc4ccc5c(n4)CN(C(=O)OC(C)(C)C)C5)c4c(C)cccc4N(C)C(=O)[C@H]32)n1. The van der Waals surface area contributed by atoms with Crippen molar-refractivity contribution < 1.29 is 32.3 Å². The molecule has 6 rings (SSSR count). The van der Waals surface area contributed by atoms with E-state index >= 15 is 0 Å². The van der Waals surface area contributed by atoms with Crippen LogP contribution < -0.4 is 14.7 Å². The minimum atomic E-state index is -4.65. The summed E-state index contributed by atoms with van der Waals surface area (Å²) in [6.45, 7) is 10.1. The molecule has 1 fully saturated rings. The maximum Gasteiger partial charge on any atom is 0.416 e. The molecular weight excluding hydrogens is 613 g/mol. The van der Waals surface area contributed by atoms with E-state index in [9.17, 15) is 27.6 Å². The summed E-state index contributed by atoms with van der Waals surface area (Å²) in [5.74, 6) is -1.60. The zero-order valence-corrected chi connectivity index (χ0v) is 27.2. The number of fused-ring (bicyclic) bond motifs is 3. The second-order valence-corrected chi connectivity index (χ2v) is 13.5. The van der Waals surface area contributed by atoms with Crippen molar-refractivity contribution in [3.05, 3.63) is 76.2 Å². The molecule has 0 spiro atoms. The number of pyridine rings is 2. The summed E-state index contributed by atoms with van der Waals surface area (Å²) < 4.78 is 46.8. The molecule has 3 aliphatic rings. The zero-order valence-electron chi connectivity index (χ0n) is 27.2. The average Bonchev–Trinajstić information content (AvgIpc) is 3.54. The number of hydrogen-bond donors (Lipinski definition) is 0. The van der Waals surface area contributed by atoms with E-state index in [4.69, 9.17) is 9.72 Å². The summed E-state index contributed by atoms with van der Waals surface area (Å²) in [5, 5.41) is 0. The van der Waals surface area contributed by atoms with Crippen molar-refractivity contribution in [2.24, 2.45) is 5.92 Å². The van der Waals surface area contributed by atoms with Crippen LogP contribution in [0.3, 0.4) is 0 Å². The second kappa shape index (κ2) is 11.5. The number of halogens is 3. The van der Waals surface area contributed by atoms with Crippen molar-refractivity contribution in [1.82, 2.24) is 14.9 Å². The van der Waals surface area contributed by atoms with Crippen LogP contribution in [0.4, 0.5) is 35.2 Å². The number of para-hydroxylation sites is 1. The number of aryl methyl sites for hydroxylation is 2. The van der Waals surface area contributed by atoms with Crippen LogP contribution in [-0.2, 0) is 40.1 Å². The van der Waals surface area contributed by atoms with E-state index in [0.717, 1.165) is 45.2 Å². The molecule has 248 valence electrons. The largest absolute Gasteiger partial charge is 0.444 e. The van der Waals surface area contributed by atoms with Crippen LogP contribution in [0.1, 0.15) is 61.0 Å². The molecule has 47 heavy (non-hydrogen) atoms. The summed E-state index contributed by atoms with van der Waals surface area (Å²) in [6, 6.07) is 10.1. The maximum atomic E-state index is 14.1. The van der Waals surface area contributed by atoms with Gasteiger partial charge in [0.05, 0.1) is 48.0 Å². The van der Waals surface area contributed by atoms with Crippen molar-refractivity contribution in [2.45, 2.75) is 78.5 Å². The van der Waals surface area contributed by atoms with Crippen LogP contribution in [-0.4, -0.2) is 58.0 Å². The summed E-state index contributed by atoms with van der Waals surface area (Å²) in [6.07, 6.45) is -5.10. The summed E-state index contributed by atoms with van der Waals surface area (Å²) >= 11 is 0. The smallest absolute Gasteiger partial charge is 0.416 e. The Balaban J connectivity index is 1.35. The summed E-state index contributed by atoms with van der Waals surface area (Å²) in [4.78, 5) is 55.9. The van der Waals surface area contributed by atoms with Crippen LogP contribution >= 0.6 is 0 Å². The fraction of sp³-hybridized carbons (Fsp3) is 0.441. The minimum Gasteiger partial charge on any atom is -0.444 e. The molecule has 1 aromatic carbocycles. The van der Waals surface area contributed by atoms with Crippen LogP contribution in [0, 0.1) is 19.8 Å². The number of nitrogens with zero attached hydrogens (tertiary/aromatic N) is 6. The van der Waals surface area contributed by atoms with E-state index in [2.05, 4.69) is 9.88 Å². The second-order valence-electron chi connectivity index (χ2n) is 13.5. The highest BCUT2D eigenvalue weighted by molar-refractivity contribution is 6.10. The Morgan fingerprint density at radius 2 is 1.77 bits per heavy atom. The van der Waals surface area contributed by atoms with Gasteiger partial charge >= 0.3 is 12.3 Å². The van der Waals surface area contributed by atoms with Gasteiger partial charge in [0.1, 0.15) is 17.5 Å². The molecule has 0 N–H and O–H groups in total. The van der Waals surface area contributed by atoms with Crippen molar-refractivity contribution in [1.29, 1.82) is 0 Å². The van der Waals surface area contributed by atoms with E-state index in [1.54, 1.807) is 11.9 Å². The first kappa shape index (κ1) is 32.3. The molecule has 0 bridgehead atoms. The molecule has 3 aromatic rings. The first-order chi connectivity index (χ1) is 22.0. The molecule has 3 amide bonds. The molecular formula is C34H37F3N6O4. The number of rotatable bonds is 3. The fourth-order valence-corrected chi connectivity index (χ4v) is 6.68. The van der Waals surface area contributed by atoms with E-state index in [1.165, 1.54) is 11.8 Å². The molecule has 0 unspecified atom stereocenters. The van der Waals surface area contributed by atoms with Crippen LogP contribution in [0.25, 0.3) is 0 Å². The number of amides is 3. The Bertz CT molecular complexity index is 1770. The van der Waals surface area contributed by atoms with Crippen molar-refractivity contribution in [3.8, 4) is 0 Å². The Morgan fingerprint density at radius 1 is 1.02 bits per heavy atom. The first-order valence-corrected chi connectivity index (χ1v) is 15.5. The highest BCUT2D eigenvalue weighted by atomic mass is 19.4. The van der Waals surface area contributed by atoms with Crippen LogP contribution in [0.15, 0.2) is 42.5 Å². The van der Waals surface area contributed by atoms with E-state index in [0.29, 0.717) is 25.3 Å². The lowest BCUT2D eigenvalue weighted by Crippen LogP contribution is -2.52. The van der Waals surface area contributed by atoms with E-state index in [1.807, 2.05) is 58.0 Å². The number of hydrogen-bond acceptors (Lipinski definition) is 7. The average molecular weight is 651 g/mol. The summed E-state index contributed by atoms with van der Waals surface area (Å²) in [5.41, 5.74) is 3.28. The van der Waals surface area contributed by atoms with Crippen molar-refractivity contribution in [2.75, 3.05) is 28.3 Å². The number of likely N-dealkylation sites (N-methyl/N-ethyl adjacent to an activating group) is 1. The third-order valence-electron chi connectivity index (χ3n) is 8.71. The van der Waals surface area contributed by atoms with Gasteiger partial charge in [0, 0.05) is 31.6 Å². The number of aromatic nitrogens is 2.